The molecule has 12 nitrogen and oxygen atoms in total. The lowest BCUT2D eigenvalue weighted by Gasteiger charge is -2.20. The predicted octanol–water partition coefficient (Wildman–Crippen LogP) is 5.46. The zero-order chi connectivity index (χ0) is 35.1. The number of amides is 1. The average Bonchev–Trinajstić information content (AvgIpc) is 3.70. The second-order valence-electron chi connectivity index (χ2n) is 11.7. The summed E-state index contributed by atoms with van der Waals surface area (Å²) in [6.07, 6.45) is 1.38. The van der Waals surface area contributed by atoms with E-state index in [-0.39, 0.29) is 46.4 Å². The number of hydrogen-bond acceptors (Lipinski definition) is 10. The average molecular weight is 700 g/mol. The van der Waals surface area contributed by atoms with Crippen molar-refractivity contribution < 1.29 is 41.0 Å². The first-order valence-electron chi connectivity index (χ1n) is 15.9. The third kappa shape index (κ3) is 8.60. The number of anilines is 2. The number of nitrogens with one attached hydrogen (secondary N) is 2. The summed E-state index contributed by atoms with van der Waals surface area (Å²) in [6, 6.07) is 11.0. The van der Waals surface area contributed by atoms with Gasteiger partial charge in [0, 0.05) is 43.4 Å². The van der Waals surface area contributed by atoms with Crippen LogP contribution in [0.25, 0.3) is 10.9 Å². The van der Waals surface area contributed by atoms with Crippen LogP contribution in [0.4, 0.5) is 25.1 Å². The molecule has 1 amide bonds. The molecule has 1 atom stereocenters. The fourth-order valence-electron chi connectivity index (χ4n) is 5.65. The molecule has 1 fully saturated rings. The highest BCUT2D eigenvalue weighted by molar-refractivity contribution is 7.91. The zero-order valence-electron chi connectivity index (χ0n) is 27.5. The summed E-state index contributed by atoms with van der Waals surface area (Å²) in [5.74, 6) is -2.85. The van der Waals surface area contributed by atoms with Crippen molar-refractivity contribution in [2.24, 2.45) is 0 Å². The van der Waals surface area contributed by atoms with E-state index in [1.54, 1.807) is 20.1 Å². The lowest BCUT2D eigenvalue weighted by Crippen LogP contribution is -2.24. The van der Waals surface area contributed by atoms with Gasteiger partial charge in [0.1, 0.15) is 18.2 Å². The number of carbonyl (C=O) groups is 2. The molecule has 49 heavy (non-hydrogen) atoms. The monoisotopic (exact) mass is 699 g/mol. The fraction of sp³-hybridized carbons (Fsp3) is 0.382. The number of benzene rings is 3. The van der Waals surface area contributed by atoms with Crippen LogP contribution in [0.15, 0.2) is 64.4 Å². The predicted molar refractivity (Wildman–Crippen MR) is 179 cm³/mol. The molecular weight excluding hydrogens is 660 g/mol. The van der Waals surface area contributed by atoms with Gasteiger partial charge in [0.2, 0.25) is 9.84 Å². The maximum absolute atomic E-state index is 14.0. The normalized spacial score (nSPS) is 14.2. The van der Waals surface area contributed by atoms with Crippen LogP contribution in [0.3, 0.4) is 0 Å². The minimum Gasteiger partial charge on any atom is -0.445 e. The van der Waals surface area contributed by atoms with Crippen molar-refractivity contribution in [2.75, 3.05) is 57.3 Å². The van der Waals surface area contributed by atoms with E-state index in [1.165, 1.54) is 18.2 Å². The largest absolute Gasteiger partial charge is 0.445 e. The van der Waals surface area contributed by atoms with Crippen molar-refractivity contribution in [3.8, 4) is 0 Å². The molecule has 1 aliphatic heterocycles. The number of fused-ring (bicyclic) bond motifs is 1. The second kappa shape index (κ2) is 15.8. The van der Waals surface area contributed by atoms with Gasteiger partial charge in [-0.15, -0.1) is 5.10 Å². The third-order valence-corrected chi connectivity index (χ3v) is 9.65. The number of methoxy groups -OCH3 is 1. The van der Waals surface area contributed by atoms with E-state index < -0.39 is 38.4 Å². The van der Waals surface area contributed by atoms with Gasteiger partial charge in [0.15, 0.2) is 5.82 Å². The summed E-state index contributed by atoms with van der Waals surface area (Å²) in [5, 5.41) is 10.4. The number of rotatable bonds is 14. The Balaban J connectivity index is 1.53. The minimum absolute atomic E-state index is 0.0703. The first-order valence-corrected chi connectivity index (χ1v) is 17.4. The molecule has 1 saturated heterocycles. The van der Waals surface area contributed by atoms with Crippen LogP contribution < -0.4 is 10.6 Å². The van der Waals surface area contributed by atoms with Crippen molar-refractivity contribution in [1.29, 1.82) is 0 Å². The number of sulfone groups is 1. The van der Waals surface area contributed by atoms with Crippen LogP contribution in [-0.2, 0) is 30.6 Å². The van der Waals surface area contributed by atoms with E-state index >= 15 is 0 Å². The molecule has 4 aromatic rings. The Kier molecular flexibility index (Phi) is 11.6. The summed E-state index contributed by atoms with van der Waals surface area (Å²) < 4.78 is 71.6. The standard InChI is InChI=1S/C34H39F2N5O7S/c1-4-47-13-14-48-34(43)41-31-10-8-26(49(44,45)27-17-24(35)16-25(36)18-27)19-29(31)32(39-41)38-33(42)28-9-7-23(20-40-11-5-6-12-40)15-30(28)37-22(2)21-46-3/h7-10,15-19,22,37H,4-6,11-14,20-21H2,1-3H3,(H,38,39,42)/t22-/m0/s1. The molecule has 0 radical (unpaired) electrons. The van der Waals surface area contributed by atoms with E-state index in [0.717, 1.165) is 42.7 Å². The molecule has 5 rings (SSSR count). The smallest absolute Gasteiger partial charge is 0.435 e. The van der Waals surface area contributed by atoms with Crippen LogP contribution >= 0.6 is 0 Å². The number of ether oxygens (including phenoxy) is 3. The van der Waals surface area contributed by atoms with Crippen LogP contribution in [-0.4, -0.2) is 87.8 Å². The number of hydrogen-bond donors (Lipinski definition) is 2. The molecule has 2 heterocycles. The van der Waals surface area contributed by atoms with Crippen LogP contribution in [0.1, 0.15) is 42.6 Å². The summed E-state index contributed by atoms with van der Waals surface area (Å²) in [6.45, 7) is 7.30. The molecule has 1 aliphatic rings. The Labute approximate surface area is 283 Å². The van der Waals surface area contributed by atoms with Crippen LogP contribution in [0.5, 0.6) is 0 Å². The van der Waals surface area contributed by atoms with Crippen molar-refractivity contribution in [3.63, 3.8) is 0 Å². The van der Waals surface area contributed by atoms with Gasteiger partial charge in [-0.05, 0) is 87.8 Å². The Morgan fingerprint density at radius 3 is 2.41 bits per heavy atom. The molecule has 0 unspecified atom stereocenters. The maximum Gasteiger partial charge on any atom is 0.435 e. The van der Waals surface area contributed by atoms with E-state index in [9.17, 15) is 26.8 Å². The number of aromatic nitrogens is 2. The molecule has 1 aromatic heterocycles. The Morgan fingerprint density at radius 1 is 0.980 bits per heavy atom. The number of carbonyl (C=O) groups excluding carboxylic acids is 2. The molecule has 15 heteroatoms. The molecule has 2 N–H and O–H groups in total. The second-order valence-corrected chi connectivity index (χ2v) is 13.6. The van der Waals surface area contributed by atoms with E-state index in [1.807, 2.05) is 19.1 Å². The number of likely N-dealkylation sites (tertiary alicyclic amines) is 1. The van der Waals surface area contributed by atoms with Crippen molar-refractivity contribution >= 4 is 44.2 Å². The number of nitrogens with zero attached hydrogens (tertiary/aromatic N) is 3. The third-order valence-electron chi connectivity index (χ3n) is 7.92. The van der Waals surface area contributed by atoms with E-state index in [0.29, 0.717) is 37.1 Å². The van der Waals surface area contributed by atoms with Crippen LogP contribution in [0.2, 0.25) is 0 Å². The summed E-state index contributed by atoms with van der Waals surface area (Å²) >= 11 is 0. The molecule has 262 valence electrons. The van der Waals surface area contributed by atoms with Gasteiger partial charge in [-0.25, -0.2) is 22.0 Å². The van der Waals surface area contributed by atoms with Crippen molar-refractivity contribution in [1.82, 2.24) is 14.7 Å². The molecule has 0 saturated carbocycles. The Morgan fingerprint density at radius 2 is 1.71 bits per heavy atom. The SMILES string of the molecule is CCOCCOC(=O)n1nc(NC(=O)c2ccc(CN3CCCC3)cc2N[C@@H](C)COC)c2cc(S(=O)(=O)c3cc(F)cc(F)c3)ccc21. The molecular formula is C34H39F2N5O7S. The Bertz CT molecular complexity index is 1910. The quantitative estimate of drug-likeness (QED) is 0.163. The van der Waals surface area contributed by atoms with Crippen LogP contribution in [0, 0.1) is 11.6 Å². The van der Waals surface area contributed by atoms with Crippen molar-refractivity contribution in [3.05, 3.63) is 77.4 Å². The van der Waals surface area contributed by atoms with Gasteiger partial charge >= 0.3 is 6.09 Å². The zero-order valence-corrected chi connectivity index (χ0v) is 28.3. The summed E-state index contributed by atoms with van der Waals surface area (Å²) in [4.78, 5) is 28.4. The molecule has 0 aliphatic carbocycles. The topological polar surface area (TPSA) is 141 Å². The lowest BCUT2D eigenvalue weighted by molar-refractivity contribution is 0.0786. The highest BCUT2D eigenvalue weighted by Gasteiger charge is 2.25. The summed E-state index contributed by atoms with van der Waals surface area (Å²) in [7, 11) is -2.85. The first kappa shape index (κ1) is 35.9. The fourth-order valence-corrected chi connectivity index (χ4v) is 6.98. The molecule has 3 aromatic carbocycles. The highest BCUT2D eigenvalue weighted by Crippen LogP contribution is 2.31. The van der Waals surface area contributed by atoms with Gasteiger partial charge < -0.3 is 24.8 Å². The maximum atomic E-state index is 14.0. The Hall–Kier alpha value is -4.44. The van der Waals surface area contributed by atoms with Gasteiger partial charge in [-0.2, -0.15) is 4.68 Å². The molecule has 0 bridgehead atoms. The minimum atomic E-state index is -4.43. The van der Waals surface area contributed by atoms with Gasteiger partial charge in [-0.3, -0.25) is 9.69 Å². The van der Waals surface area contributed by atoms with Gasteiger partial charge in [0.25, 0.3) is 5.91 Å². The van der Waals surface area contributed by atoms with Gasteiger partial charge in [0.05, 0.1) is 34.1 Å². The summed E-state index contributed by atoms with van der Waals surface area (Å²) in [5.41, 5.74) is 1.95. The van der Waals surface area contributed by atoms with Crippen molar-refractivity contribution in [2.45, 2.75) is 49.1 Å². The highest BCUT2D eigenvalue weighted by atomic mass is 32.2. The van der Waals surface area contributed by atoms with E-state index in [2.05, 4.69) is 20.6 Å². The number of halogens is 2. The first-order chi connectivity index (χ1) is 23.5. The lowest BCUT2D eigenvalue weighted by atomic mass is 10.1. The van der Waals surface area contributed by atoms with Gasteiger partial charge in [-0.1, -0.05) is 6.07 Å². The molecule has 0 spiro atoms. The van der Waals surface area contributed by atoms with E-state index in [4.69, 9.17) is 14.2 Å².